The van der Waals surface area contributed by atoms with Gasteiger partial charge in [0.05, 0.1) is 17.8 Å². The van der Waals surface area contributed by atoms with Gasteiger partial charge in [-0.15, -0.1) is 0 Å². The van der Waals surface area contributed by atoms with Crippen LogP contribution in [0.4, 0.5) is 0 Å². The molecule has 1 aromatic heterocycles. The summed E-state index contributed by atoms with van der Waals surface area (Å²) >= 11 is 2.33. The molecule has 112 valence electrons. The number of hydrazine groups is 1. The zero-order valence-corrected chi connectivity index (χ0v) is 14.2. The van der Waals surface area contributed by atoms with Crippen LogP contribution in [-0.2, 0) is 6.42 Å². The molecular weight excluding hydrogens is 375 g/mol. The summed E-state index contributed by atoms with van der Waals surface area (Å²) in [5.41, 5.74) is 5.23. The van der Waals surface area contributed by atoms with E-state index in [-0.39, 0.29) is 6.04 Å². The normalized spacial score (nSPS) is 17.2. The van der Waals surface area contributed by atoms with E-state index in [0.717, 1.165) is 12.1 Å². The van der Waals surface area contributed by atoms with E-state index in [1.165, 1.54) is 34.8 Å². The molecule has 2 aromatic rings. The Labute approximate surface area is 139 Å². The van der Waals surface area contributed by atoms with E-state index in [0.29, 0.717) is 6.04 Å². The molecular formula is C16H21IN4. The Morgan fingerprint density at radius 2 is 2.14 bits per heavy atom. The average molecular weight is 396 g/mol. The minimum Gasteiger partial charge on any atom is -0.271 e. The van der Waals surface area contributed by atoms with E-state index in [1.54, 1.807) is 0 Å². The summed E-state index contributed by atoms with van der Waals surface area (Å²) in [4.78, 5) is 0. The molecule has 1 atom stereocenters. The molecule has 1 fully saturated rings. The van der Waals surface area contributed by atoms with Crippen molar-refractivity contribution in [1.29, 1.82) is 0 Å². The highest BCUT2D eigenvalue weighted by Crippen LogP contribution is 2.29. The zero-order valence-electron chi connectivity index (χ0n) is 12.0. The fourth-order valence-corrected chi connectivity index (χ4v) is 3.63. The minimum atomic E-state index is 0.103. The van der Waals surface area contributed by atoms with Crippen LogP contribution >= 0.6 is 22.6 Å². The van der Waals surface area contributed by atoms with Gasteiger partial charge in [-0.3, -0.25) is 16.0 Å². The van der Waals surface area contributed by atoms with Crippen LogP contribution in [0.15, 0.2) is 36.5 Å². The summed E-state index contributed by atoms with van der Waals surface area (Å²) in [6, 6.07) is 11.3. The summed E-state index contributed by atoms with van der Waals surface area (Å²) in [6.45, 7) is 0. The molecule has 1 heterocycles. The molecule has 0 aliphatic heterocycles. The maximum Gasteiger partial charge on any atom is 0.0644 e. The van der Waals surface area contributed by atoms with Gasteiger partial charge in [0.2, 0.25) is 0 Å². The molecule has 1 aliphatic carbocycles. The molecule has 5 heteroatoms. The molecule has 21 heavy (non-hydrogen) atoms. The Morgan fingerprint density at radius 1 is 1.33 bits per heavy atom. The molecule has 3 rings (SSSR count). The van der Waals surface area contributed by atoms with Crippen LogP contribution < -0.4 is 11.3 Å². The van der Waals surface area contributed by atoms with Crippen molar-refractivity contribution in [3.8, 4) is 0 Å². The molecule has 4 nitrogen and oxygen atoms in total. The molecule has 0 bridgehead atoms. The maximum absolute atomic E-state index is 5.74. The highest BCUT2D eigenvalue weighted by Gasteiger charge is 2.18. The van der Waals surface area contributed by atoms with Gasteiger partial charge in [-0.25, -0.2) is 0 Å². The van der Waals surface area contributed by atoms with Gasteiger partial charge in [0.1, 0.15) is 0 Å². The summed E-state index contributed by atoms with van der Waals surface area (Å²) < 4.78 is 3.37. The Morgan fingerprint density at radius 3 is 2.86 bits per heavy atom. The largest absolute Gasteiger partial charge is 0.271 e. The van der Waals surface area contributed by atoms with Crippen molar-refractivity contribution in [2.45, 2.75) is 44.2 Å². The van der Waals surface area contributed by atoms with E-state index in [1.807, 2.05) is 0 Å². The Hall–Kier alpha value is -0.920. The summed E-state index contributed by atoms with van der Waals surface area (Å²) in [5.74, 6) is 5.74. The first-order chi connectivity index (χ1) is 10.3. The first-order valence-corrected chi connectivity index (χ1v) is 8.60. The van der Waals surface area contributed by atoms with Crippen LogP contribution in [0.5, 0.6) is 0 Å². The first kappa shape index (κ1) is 15.0. The van der Waals surface area contributed by atoms with Crippen LogP contribution in [0.25, 0.3) is 0 Å². The van der Waals surface area contributed by atoms with E-state index in [4.69, 9.17) is 10.9 Å². The quantitative estimate of drug-likeness (QED) is 0.463. The van der Waals surface area contributed by atoms with Crippen molar-refractivity contribution in [2.24, 2.45) is 5.84 Å². The first-order valence-electron chi connectivity index (χ1n) is 7.52. The molecule has 0 amide bonds. The lowest BCUT2D eigenvalue weighted by Gasteiger charge is -2.15. The molecule has 1 aliphatic rings. The highest BCUT2D eigenvalue weighted by molar-refractivity contribution is 14.1. The maximum atomic E-state index is 5.74. The second kappa shape index (κ2) is 6.89. The second-order valence-electron chi connectivity index (χ2n) is 5.70. The number of halogens is 1. The highest BCUT2D eigenvalue weighted by atomic mass is 127. The van der Waals surface area contributed by atoms with Crippen molar-refractivity contribution in [2.75, 3.05) is 0 Å². The van der Waals surface area contributed by atoms with Crippen molar-refractivity contribution >= 4 is 22.6 Å². The minimum absolute atomic E-state index is 0.103. The number of rotatable bonds is 5. The van der Waals surface area contributed by atoms with Gasteiger partial charge in [-0.1, -0.05) is 25.0 Å². The van der Waals surface area contributed by atoms with Gasteiger partial charge < -0.3 is 0 Å². The molecule has 1 aromatic carbocycles. The third-order valence-electron chi connectivity index (χ3n) is 4.23. The van der Waals surface area contributed by atoms with Gasteiger partial charge in [0.25, 0.3) is 0 Å². The van der Waals surface area contributed by atoms with Crippen molar-refractivity contribution in [3.63, 3.8) is 0 Å². The summed E-state index contributed by atoms with van der Waals surface area (Å²) in [7, 11) is 0. The second-order valence-corrected chi connectivity index (χ2v) is 6.95. The number of aromatic nitrogens is 2. The lowest BCUT2D eigenvalue weighted by molar-refractivity contribution is 0.457. The average Bonchev–Trinajstić information content (AvgIpc) is 3.15. The Balaban J connectivity index is 1.72. The van der Waals surface area contributed by atoms with Crippen LogP contribution in [-0.4, -0.2) is 9.78 Å². The van der Waals surface area contributed by atoms with Crippen LogP contribution in [0.1, 0.15) is 49.0 Å². The van der Waals surface area contributed by atoms with Gasteiger partial charge in [-0.05, 0) is 59.2 Å². The third-order valence-corrected chi connectivity index (χ3v) is 4.90. The molecule has 0 spiro atoms. The van der Waals surface area contributed by atoms with Gasteiger partial charge in [-0.2, -0.15) is 5.10 Å². The summed E-state index contributed by atoms with van der Waals surface area (Å²) in [5, 5.41) is 4.75. The molecule has 0 saturated heterocycles. The van der Waals surface area contributed by atoms with Gasteiger partial charge in [0.15, 0.2) is 0 Å². The number of nitrogens with zero attached hydrogens (tertiary/aromatic N) is 2. The molecule has 0 radical (unpaired) electrons. The topological polar surface area (TPSA) is 55.9 Å². The SMILES string of the molecule is NNC(Cc1ccn(C2CCCC2)n1)c1cccc(I)c1. The van der Waals surface area contributed by atoms with Crippen LogP contribution in [0.3, 0.4) is 0 Å². The Bertz CT molecular complexity index is 589. The molecule has 3 N–H and O–H groups in total. The van der Waals surface area contributed by atoms with E-state index >= 15 is 0 Å². The fraction of sp³-hybridized carbons (Fsp3) is 0.438. The van der Waals surface area contributed by atoms with E-state index in [9.17, 15) is 0 Å². The smallest absolute Gasteiger partial charge is 0.0644 e. The lowest BCUT2D eigenvalue weighted by atomic mass is 10.0. The zero-order chi connectivity index (χ0) is 14.7. The Kier molecular flexibility index (Phi) is 4.92. The van der Waals surface area contributed by atoms with E-state index < -0.39 is 0 Å². The van der Waals surface area contributed by atoms with Gasteiger partial charge >= 0.3 is 0 Å². The monoisotopic (exact) mass is 396 g/mol. The van der Waals surface area contributed by atoms with Crippen molar-refractivity contribution < 1.29 is 0 Å². The van der Waals surface area contributed by atoms with Crippen molar-refractivity contribution in [3.05, 3.63) is 51.4 Å². The standard InChI is InChI=1S/C16H21IN4/c17-13-5-3-4-12(10-13)16(19-18)11-14-8-9-21(20-14)15-6-1-2-7-15/h3-5,8-10,15-16,19H,1-2,6-7,11,18H2. The van der Waals surface area contributed by atoms with Crippen LogP contribution in [0, 0.1) is 3.57 Å². The molecule has 1 unspecified atom stereocenters. The fourth-order valence-electron chi connectivity index (χ4n) is 3.06. The van der Waals surface area contributed by atoms with E-state index in [2.05, 4.69) is 69.2 Å². The van der Waals surface area contributed by atoms with Crippen molar-refractivity contribution in [1.82, 2.24) is 15.2 Å². The number of hydrogen-bond donors (Lipinski definition) is 2. The van der Waals surface area contributed by atoms with Crippen LogP contribution in [0.2, 0.25) is 0 Å². The predicted octanol–water partition coefficient (Wildman–Crippen LogP) is 3.35. The number of benzene rings is 1. The number of nitrogens with one attached hydrogen (secondary N) is 1. The number of nitrogens with two attached hydrogens (primary N) is 1. The number of hydrogen-bond acceptors (Lipinski definition) is 3. The molecule has 1 saturated carbocycles. The summed E-state index contributed by atoms with van der Waals surface area (Å²) in [6.07, 6.45) is 8.11. The lowest BCUT2D eigenvalue weighted by Crippen LogP contribution is -2.29. The predicted molar refractivity (Wildman–Crippen MR) is 92.7 cm³/mol. The van der Waals surface area contributed by atoms with Gasteiger partial charge in [0, 0.05) is 16.2 Å². The third kappa shape index (κ3) is 3.64.